The normalized spacial score (nSPS) is 12.0. The highest BCUT2D eigenvalue weighted by atomic mass is 32.2. The fraction of sp³-hybridized carbons (Fsp3) is 0.333. The summed E-state index contributed by atoms with van der Waals surface area (Å²) >= 11 is 0. The summed E-state index contributed by atoms with van der Waals surface area (Å²) in [5.74, 6) is 0.0564. The van der Waals surface area contributed by atoms with E-state index in [2.05, 4.69) is 0 Å². The van der Waals surface area contributed by atoms with E-state index in [0.717, 1.165) is 17.5 Å². The molecule has 0 bridgehead atoms. The number of sulfonamides is 1. The second-order valence-electron chi connectivity index (χ2n) is 5.68. The molecule has 0 amide bonds. The summed E-state index contributed by atoms with van der Waals surface area (Å²) in [6.07, 6.45) is 0.729. The van der Waals surface area contributed by atoms with Crippen LogP contribution < -0.4 is 0 Å². The van der Waals surface area contributed by atoms with E-state index in [1.165, 1.54) is 0 Å². The Kier molecular flexibility index (Phi) is 5.75. The van der Waals surface area contributed by atoms with Gasteiger partial charge in [-0.2, -0.15) is 4.31 Å². The lowest BCUT2D eigenvalue weighted by Crippen LogP contribution is -2.39. The van der Waals surface area contributed by atoms with E-state index >= 15 is 0 Å². The molecule has 2 aromatic rings. The molecule has 0 aliphatic rings. The highest BCUT2D eigenvalue weighted by molar-refractivity contribution is 7.88. The van der Waals surface area contributed by atoms with E-state index in [0.29, 0.717) is 6.54 Å². The Morgan fingerprint density at radius 2 is 1.36 bits per heavy atom. The van der Waals surface area contributed by atoms with Gasteiger partial charge in [-0.15, -0.1) is 0 Å². The van der Waals surface area contributed by atoms with Gasteiger partial charge in [-0.05, 0) is 31.4 Å². The topological polar surface area (TPSA) is 37.4 Å². The van der Waals surface area contributed by atoms with Crippen molar-refractivity contribution in [2.75, 3.05) is 6.54 Å². The Morgan fingerprint density at radius 1 is 0.864 bits per heavy atom. The van der Waals surface area contributed by atoms with Crippen LogP contribution in [0.4, 0.5) is 0 Å². The smallest absolute Gasteiger partial charge is 0.212 e. The molecule has 0 atom stereocenters. The van der Waals surface area contributed by atoms with Crippen molar-refractivity contribution in [3.05, 3.63) is 71.8 Å². The van der Waals surface area contributed by atoms with Crippen LogP contribution in [0.5, 0.6) is 0 Å². The molecule has 4 heteroatoms. The summed E-state index contributed by atoms with van der Waals surface area (Å²) in [5, 5.41) is 0. The molecule has 0 radical (unpaired) electrons. The molecule has 0 N–H and O–H groups in total. The summed E-state index contributed by atoms with van der Waals surface area (Å²) in [4.78, 5) is 0. The van der Waals surface area contributed by atoms with Crippen LogP contribution in [0, 0.1) is 0 Å². The van der Waals surface area contributed by atoms with Gasteiger partial charge < -0.3 is 0 Å². The van der Waals surface area contributed by atoms with Crippen LogP contribution >= 0.6 is 0 Å². The third-order valence-electron chi connectivity index (χ3n) is 3.59. The predicted octanol–water partition coefficient (Wildman–Crippen LogP) is 3.47. The standard InChI is InChI=1S/C18H23NO2S/c1-16(2)19(14-13-17-9-5-3-6-10-17)22(20,21)15-18-11-7-4-8-12-18/h3-12,16H,13-15H2,1-2H3. The summed E-state index contributed by atoms with van der Waals surface area (Å²) < 4.78 is 27.0. The van der Waals surface area contributed by atoms with Gasteiger partial charge in [0, 0.05) is 12.6 Å². The van der Waals surface area contributed by atoms with Crippen LogP contribution in [0.2, 0.25) is 0 Å². The van der Waals surface area contributed by atoms with Crippen molar-refractivity contribution in [1.82, 2.24) is 4.31 Å². The maximum absolute atomic E-state index is 12.7. The zero-order valence-electron chi connectivity index (χ0n) is 13.1. The molecule has 0 saturated heterocycles. The number of nitrogens with zero attached hydrogens (tertiary/aromatic N) is 1. The fourth-order valence-corrected chi connectivity index (χ4v) is 4.26. The second kappa shape index (κ2) is 7.56. The zero-order valence-corrected chi connectivity index (χ0v) is 14.0. The van der Waals surface area contributed by atoms with Gasteiger partial charge in [0.05, 0.1) is 5.75 Å². The van der Waals surface area contributed by atoms with Gasteiger partial charge in [-0.25, -0.2) is 8.42 Å². The summed E-state index contributed by atoms with van der Waals surface area (Å²) in [5.41, 5.74) is 1.98. The van der Waals surface area contributed by atoms with Crippen LogP contribution in [-0.4, -0.2) is 25.3 Å². The summed E-state index contributed by atoms with van der Waals surface area (Å²) in [6, 6.07) is 19.3. The first-order valence-corrected chi connectivity index (χ1v) is 9.17. The van der Waals surface area contributed by atoms with Crippen LogP contribution in [0.15, 0.2) is 60.7 Å². The Morgan fingerprint density at radius 3 is 1.86 bits per heavy atom. The predicted molar refractivity (Wildman–Crippen MR) is 91.1 cm³/mol. The van der Waals surface area contributed by atoms with Gasteiger partial charge in [0.2, 0.25) is 10.0 Å². The van der Waals surface area contributed by atoms with Crippen molar-refractivity contribution in [3.63, 3.8) is 0 Å². The molecule has 118 valence electrons. The van der Waals surface area contributed by atoms with Crippen LogP contribution in [0.3, 0.4) is 0 Å². The molecule has 2 rings (SSSR count). The van der Waals surface area contributed by atoms with E-state index in [-0.39, 0.29) is 11.8 Å². The molecule has 0 aliphatic carbocycles. The quantitative estimate of drug-likeness (QED) is 0.784. The minimum atomic E-state index is -3.31. The Bertz CT molecular complexity index is 667. The molecule has 0 fully saturated rings. The maximum atomic E-state index is 12.7. The van der Waals surface area contributed by atoms with Crippen molar-refractivity contribution in [2.45, 2.75) is 32.1 Å². The molecule has 2 aromatic carbocycles. The third kappa shape index (κ3) is 4.68. The second-order valence-corrected chi connectivity index (χ2v) is 7.60. The van der Waals surface area contributed by atoms with Gasteiger partial charge in [-0.3, -0.25) is 0 Å². The zero-order chi connectivity index (χ0) is 16.0. The van der Waals surface area contributed by atoms with Gasteiger partial charge in [0.15, 0.2) is 0 Å². The lowest BCUT2D eigenvalue weighted by molar-refractivity contribution is 0.357. The maximum Gasteiger partial charge on any atom is 0.218 e. The number of hydrogen-bond acceptors (Lipinski definition) is 2. The van der Waals surface area contributed by atoms with Gasteiger partial charge in [0.1, 0.15) is 0 Å². The van der Waals surface area contributed by atoms with Crippen molar-refractivity contribution >= 4 is 10.0 Å². The van der Waals surface area contributed by atoms with Crippen LogP contribution in [-0.2, 0) is 22.2 Å². The average molecular weight is 317 g/mol. The first-order valence-electron chi connectivity index (χ1n) is 7.56. The Hall–Kier alpha value is -1.65. The van der Waals surface area contributed by atoms with Gasteiger partial charge in [0.25, 0.3) is 0 Å². The van der Waals surface area contributed by atoms with Gasteiger partial charge in [-0.1, -0.05) is 60.7 Å². The number of hydrogen-bond donors (Lipinski definition) is 0. The van der Waals surface area contributed by atoms with E-state index < -0.39 is 10.0 Å². The molecular weight excluding hydrogens is 294 g/mol. The molecule has 0 aromatic heterocycles. The Labute approximate surface area is 133 Å². The van der Waals surface area contributed by atoms with E-state index in [4.69, 9.17) is 0 Å². The Balaban J connectivity index is 2.09. The fourth-order valence-electron chi connectivity index (χ4n) is 2.47. The van der Waals surface area contributed by atoms with E-state index in [1.54, 1.807) is 4.31 Å². The van der Waals surface area contributed by atoms with Gasteiger partial charge >= 0.3 is 0 Å². The average Bonchev–Trinajstić information content (AvgIpc) is 2.48. The summed E-state index contributed by atoms with van der Waals surface area (Å²) in [7, 11) is -3.31. The van der Waals surface area contributed by atoms with Crippen molar-refractivity contribution in [2.24, 2.45) is 0 Å². The molecule has 0 spiro atoms. The monoisotopic (exact) mass is 317 g/mol. The third-order valence-corrected chi connectivity index (χ3v) is 5.61. The molecule has 3 nitrogen and oxygen atoms in total. The first-order chi connectivity index (χ1) is 10.5. The lowest BCUT2D eigenvalue weighted by atomic mass is 10.1. The van der Waals surface area contributed by atoms with Crippen LogP contribution in [0.25, 0.3) is 0 Å². The lowest BCUT2D eigenvalue weighted by Gasteiger charge is -2.26. The minimum absolute atomic E-state index is 0.0441. The molecule has 22 heavy (non-hydrogen) atoms. The van der Waals surface area contributed by atoms with E-state index in [9.17, 15) is 8.42 Å². The highest BCUT2D eigenvalue weighted by Crippen LogP contribution is 2.15. The van der Waals surface area contributed by atoms with E-state index in [1.807, 2.05) is 74.5 Å². The molecular formula is C18H23NO2S. The molecule has 0 unspecified atom stereocenters. The number of benzene rings is 2. The van der Waals surface area contributed by atoms with Crippen molar-refractivity contribution in [3.8, 4) is 0 Å². The van der Waals surface area contributed by atoms with Crippen LogP contribution in [0.1, 0.15) is 25.0 Å². The number of rotatable bonds is 7. The molecule has 0 saturated carbocycles. The van der Waals surface area contributed by atoms with Crippen molar-refractivity contribution in [1.29, 1.82) is 0 Å². The largest absolute Gasteiger partial charge is 0.218 e. The molecule has 0 aliphatic heterocycles. The summed E-state index contributed by atoms with van der Waals surface area (Å²) in [6.45, 7) is 4.36. The van der Waals surface area contributed by atoms with Crippen molar-refractivity contribution < 1.29 is 8.42 Å². The minimum Gasteiger partial charge on any atom is -0.212 e. The SMILES string of the molecule is CC(C)N(CCc1ccccc1)S(=O)(=O)Cc1ccccc1. The highest BCUT2D eigenvalue weighted by Gasteiger charge is 2.24. The molecule has 0 heterocycles. The first kappa shape index (κ1) is 16.7.